The van der Waals surface area contributed by atoms with Crippen molar-refractivity contribution in [1.29, 1.82) is 0 Å². The summed E-state index contributed by atoms with van der Waals surface area (Å²) in [5.41, 5.74) is 6.96. The summed E-state index contributed by atoms with van der Waals surface area (Å²) in [5, 5.41) is 22.1. The number of anilines is 1. The van der Waals surface area contributed by atoms with Crippen LogP contribution in [0.15, 0.2) is 54.6 Å². The minimum Gasteiger partial charge on any atom is -0.445 e. The molecule has 72 heavy (non-hydrogen) atoms. The van der Waals surface area contributed by atoms with Gasteiger partial charge in [0.1, 0.15) is 18.7 Å². The number of methoxy groups -OCH3 is 2. The van der Waals surface area contributed by atoms with E-state index in [0.29, 0.717) is 62.0 Å². The highest BCUT2D eigenvalue weighted by Crippen LogP contribution is 2.30. The number of rotatable bonds is 28. The fraction of sp³-hybridized carbons (Fsp3) is 0.642. The van der Waals surface area contributed by atoms with Crippen LogP contribution in [0.3, 0.4) is 0 Å². The van der Waals surface area contributed by atoms with Crippen LogP contribution in [-0.2, 0) is 44.8 Å². The normalized spacial score (nSPS) is 17.3. The summed E-state index contributed by atoms with van der Waals surface area (Å²) in [6.45, 7) is 15.5. The Labute approximate surface area is 427 Å². The molecule has 2 aromatic carbocycles. The number of unbranched alkanes of at least 4 members (excludes halogenated alkanes) is 1. The molecule has 19 nitrogen and oxygen atoms in total. The van der Waals surface area contributed by atoms with Crippen molar-refractivity contribution in [2.45, 2.75) is 155 Å². The number of nitrogens with two attached hydrogens (primary N) is 1. The van der Waals surface area contributed by atoms with E-state index in [9.17, 15) is 38.7 Å². The van der Waals surface area contributed by atoms with Gasteiger partial charge < -0.3 is 56.1 Å². The topological polar surface area (TPSA) is 251 Å². The molecule has 8 amide bonds. The fourth-order valence-corrected chi connectivity index (χ4v) is 9.47. The Morgan fingerprint density at radius 3 is 2.06 bits per heavy atom. The van der Waals surface area contributed by atoms with Gasteiger partial charge >= 0.3 is 12.1 Å². The number of hydrogen-bond acceptors (Lipinski definition) is 11. The highest BCUT2D eigenvalue weighted by molar-refractivity contribution is 5.92. The van der Waals surface area contributed by atoms with Crippen LogP contribution >= 0.6 is 0 Å². The van der Waals surface area contributed by atoms with Crippen LogP contribution in [0, 0.1) is 23.7 Å². The van der Waals surface area contributed by atoms with Crippen LogP contribution in [-0.4, -0.2) is 145 Å². The molecule has 0 unspecified atom stereocenters. The number of amides is 8. The monoisotopic (exact) mass is 1010 g/mol. The Hall–Kier alpha value is -5.79. The zero-order chi connectivity index (χ0) is 53.8. The highest BCUT2D eigenvalue weighted by atomic mass is 16.6. The van der Waals surface area contributed by atoms with Crippen molar-refractivity contribution in [3.8, 4) is 0 Å². The predicted octanol–water partition coefficient (Wildman–Crippen LogP) is 5.36. The molecule has 3 rings (SSSR count). The summed E-state index contributed by atoms with van der Waals surface area (Å²) in [4.78, 5) is 97.9. The van der Waals surface area contributed by atoms with Crippen molar-refractivity contribution in [2.24, 2.45) is 29.4 Å². The lowest BCUT2D eigenvalue weighted by Crippen LogP contribution is -2.60. The summed E-state index contributed by atoms with van der Waals surface area (Å²) >= 11 is 0. The molecule has 10 atom stereocenters. The Morgan fingerprint density at radius 2 is 1.49 bits per heavy atom. The molecule has 0 bridgehead atoms. The summed E-state index contributed by atoms with van der Waals surface area (Å²) < 4.78 is 17.6. The smallest absolute Gasteiger partial charge is 0.410 e. The first-order valence-corrected chi connectivity index (χ1v) is 25.3. The number of primary amides is 1. The standard InChI is InChI=1S/C53H84N8O11/c1-13-34(6)46(41(70-11)30-43(63)61-29-19-22-40(61)48(71-12)35(7)49(65)56-36(8)47(64)38-20-15-14-16-21-38)59(9)51(67)44(32(2)3)58-50(66)45(33(4)5)60(10)53(69)72-31-37-24-26-39(27-25-37)57-42(62)23-17-18-28-55-52(54)68/h14-16,20-21,24-27,32-36,40-41,44-48,64H,13,17-19,22-23,28-31H2,1-12H3,(H,56,65)(H,57,62)(H,58,66)(H3,54,55,68)/t34-,35+,36+,40-,41+,44-,45-,46-,47+,48+/m0/s1. The van der Waals surface area contributed by atoms with Crippen molar-refractivity contribution in [1.82, 2.24) is 30.7 Å². The minimum atomic E-state index is -1.00. The second kappa shape index (κ2) is 29.7. The van der Waals surface area contributed by atoms with Crippen molar-refractivity contribution < 1.29 is 52.9 Å². The number of carbonyl (C=O) groups excluding carboxylic acids is 7. The summed E-state index contributed by atoms with van der Waals surface area (Å²) in [6, 6.07) is 11.7. The van der Waals surface area contributed by atoms with Gasteiger partial charge in [0.2, 0.25) is 29.5 Å². The number of aliphatic hydroxyl groups excluding tert-OH is 1. The van der Waals surface area contributed by atoms with E-state index in [0.717, 1.165) is 0 Å². The molecule has 1 saturated heterocycles. The summed E-state index contributed by atoms with van der Waals surface area (Å²) in [7, 11) is 6.17. The van der Waals surface area contributed by atoms with E-state index in [1.54, 1.807) is 80.9 Å². The molecule has 1 aliphatic rings. The number of nitrogens with zero attached hydrogens (tertiary/aromatic N) is 3. The third-order valence-electron chi connectivity index (χ3n) is 13.8. The summed E-state index contributed by atoms with van der Waals surface area (Å²) in [5.74, 6) is -3.15. The first-order chi connectivity index (χ1) is 34.1. The van der Waals surface area contributed by atoms with Gasteiger partial charge in [-0.25, -0.2) is 9.59 Å². The third kappa shape index (κ3) is 17.5. The van der Waals surface area contributed by atoms with Crippen LogP contribution in [0.5, 0.6) is 0 Å². The lowest BCUT2D eigenvalue weighted by atomic mass is 9.89. The average Bonchev–Trinajstić information content (AvgIpc) is 3.84. The molecule has 1 heterocycles. The first kappa shape index (κ1) is 60.5. The van der Waals surface area contributed by atoms with E-state index in [-0.39, 0.29) is 60.8 Å². The van der Waals surface area contributed by atoms with E-state index in [1.165, 1.54) is 26.2 Å². The van der Waals surface area contributed by atoms with Gasteiger partial charge in [0, 0.05) is 53.5 Å². The number of benzene rings is 2. The quantitative estimate of drug-likeness (QED) is 0.0593. The van der Waals surface area contributed by atoms with Gasteiger partial charge in [0.15, 0.2) is 0 Å². The molecule has 2 aromatic rings. The van der Waals surface area contributed by atoms with Crippen LogP contribution < -0.4 is 27.0 Å². The highest BCUT2D eigenvalue weighted by Gasteiger charge is 2.44. The fourth-order valence-electron chi connectivity index (χ4n) is 9.47. The van der Waals surface area contributed by atoms with Gasteiger partial charge in [0.25, 0.3) is 0 Å². The maximum atomic E-state index is 14.6. The van der Waals surface area contributed by atoms with Crippen molar-refractivity contribution in [3.63, 3.8) is 0 Å². The molecular formula is C53H84N8O11. The Bertz CT molecular complexity index is 2060. The van der Waals surface area contributed by atoms with Crippen molar-refractivity contribution in [2.75, 3.05) is 46.7 Å². The number of ether oxygens (including phenoxy) is 3. The zero-order valence-corrected chi connectivity index (χ0v) is 44.6. The second-order valence-corrected chi connectivity index (χ2v) is 19.8. The van der Waals surface area contributed by atoms with E-state index in [2.05, 4.69) is 21.3 Å². The van der Waals surface area contributed by atoms with Crippen LogP contribution in [0.2, 0.25) is 0 Å². The van der Waals surface area contributed by atoms with Gasteiger partial charge in [0.05, 0.1) is 48.8 Å². The molecule has 19 heteroatoms. The Balaban J connectivity index is 1.68. The maximum Gasteiger partial charge on any atom is 0.410 e. The number of likely N-dealkylation sites (N-methyl/N-ethyl adjacent to an activating group) is 2. The largest absolute Gasteiger partial charge is 0.445 e. The van der Waals surface area contributed by atoms with Crippen LogP contribution in [0.4, 0.5) is 15.3 Å². The molecule has 0 radical (unpaired) electrons. The van der Waals surface area contributed by atoms with E-state index >= 15 is 0 Å². The number of hydrogen-bond donors (Lipinski definition) is 6. The number of urea groups is 1. The van der Waals surface area contributed by atoms with E-state index in [4.69, 9.17) is 19.9 Å². The zero-order valence-electron chi connectivity index (χ0n) is 44.6. The van der Waals surface area contributed by atoms with Gasteiger partial charge in [-0.05, 0) is 73.6 Å². The van der Waals surface area contributed by atoms with E-state index in [1.807, 2.05) is 45.9 Å². The molecule has 0 aromatic heterocycles. The number of aliphatic hydroxyl groups is 1. The maximum absolute atomic E-state index is 14.6. The molecule has 0 saturated carbocycles. The minimum absolute atomic E-state index is 0.0568. The molecular weight excluding hydrogens is 925 g/mol. The van der Waals surface area contributed by atoms with Crippen molar-refractivity contribution >= 4 is 47.3 Å². The first-order valence-electron chi connectivity index (χ1n) is 25.3. The predicted molar refractivity (Wildman–Crippen MR) is 275 cm³/mol. The SMILES string of the molecule is CC[C@H](C)[C@@H]([C@@H](CC(=O)N1CCC[C@H]1[C@H](OC)[C@@H](C)C(=O)N[C@H](C)[C@@H](O)c1ccccc1)OC)N(C)C(=O)[C@@H](NC(=O)[C@H](C(C)C)N(C)C(=O)OCc1ccc(NC(=O)CCCCNC(N)=O)cc1)C(C)C. The molecule has 0 spiro atoms. The number of likely N-dealkylation sites (tertiary alicyclic amines) is 1. The number of carbonyl (C=O) groups is 7. The van der Waals surface area contributed by atoms with Gasteiger partial charge in [-0.15, -0.1) is 0 Å². The lowest BCUT2D eigenvalue weighted by Gasteiger charge is -2.41. The number of nitrogens with one attached hydrogen (secondary N) is 4. The molecule has 1 fully saturated rings. The Morgan fingerprint density at radius 1 is 0.833 bits per heavy atom. The average molecular weight is 1010 g/mol. The van der Waals surface area contributed by atoms with Gasteiger partial charge in [-0.1, -0.05) is 97.4 Å². The molecule has 7 N–H and O–H groups in total. The Kier molecular flexibility index (Phi) is 24.9. The van der Waals surface area contributed by atoms with Gasteiger partial charge in [-0.3, -0.25) is 28.9 Å². The van der Waals surface area contributed by atoms with Crippen LogP contribution in [0.25, 0.3) is 0 Å². The lowest BCUT2D eigenvalue weighted by molar-refractivity contribution is -0.148. The van der Waals surface area contributed by atoms with Gasteiger partial charge in [-0.2, -0.15) is 0 Å². The second-order valence-electron chi connectivity index (χ2n) is 19.8. The summed E-state index contributed by atoms with van der Waals surface area (Å²) in [6.07, 6.45) is 0.327. The third-order valence-corrected chi connectivity index (χ3v) is 13.8. The van der Waals surface area contributed by atoms with Crippen LogP contribution in [0.1, 0.15) is 118 Å². The molecule has 1 aliphatic heterocycles. The van der Waals surface area contributed by atoms with E-state index < -0.39 is 72.5 Å². The molecule has 0 aliphatic carbocycles. The van der Waals surface area contributed by atoms with Crippen molar-refractivity contribution in [3.05, 3.63) is 65.7 Å². The molecule has 402 valence electrons.